The molecule has 4 nitrogen and oxygen atoms in total. The van der Waals surface area contributed by atoms with Crippen LogP contribution in [-0.2, 0) is 21.8 Å². The highest BCUT2D eigenvalue weighted by Gasteiger charge is 2.22. The first kappa shape index (κ1) is 17.5. The Balaban J connectivity index is 1.39. The van der Waals surface area contributed by atoms with E-state index >= 15 is 0 Å². The Bertz CT molecular complexity index is 712. The van der Waals surface area contributed by atoms with Crippen LogP contribution in [0.15, 0.2) is 54.6 Å². The van der Waals surface area contributed by atoms with Crippen LogP contribution in [0, 0.1) is 0 Å². The molecule has 0 atom stereocenters. The number of carbonyl (C=O) groups excluding carboxylic acids is 2. The first-order valence-corrected chi connectivity index (χ1v) is 9.64. The molecule has 3 rings (SSSR count). The molecule has 0 heterocycles. The fraction of sp³-hybridized carbons (Fsp3) is 0.300. The van der Waals surface area contributed by atoms with E-state index in [0.29, 0.717) is 18.2 Å². The van der Waals surface area contributed by atoms with Gasteiger partial charge in [0.25, 0.3) is 0 Å². The van der Waals surface area contributed by atoms with Crippen LogP contribution in [-0.4, -0.2) is 23.6 Å². The molecule has 2 amide bonds. The van der Waals surface area contributed by atoms with E-state index in [2.05, 4.69) is 22.8 Å². The van der Waals surface area contributed by atoms with Crippen molar-refractivity contribution in [3.05, 3.63) is 65.7 Å². The molecule has 5 heteroatoms. The number of hydrogen-bond acceptors (Lipinski definition) is 3. The zero-order chi connectivity index (χ0) is 17.5. The fourth-order valence-corrected chi connectivity index (χ4v) is 3.22. The third-order valence-corrected chi connectivity index (χ3v) is 4.89. The summed E-state index contributed by atoms with van der Waals surface area (Å²) in [7, 11) is 0. The molecule has 2 aromatic carbocycles. The van der Waals surface area contributed by atoms with Crippen molar-refractivity contribution >= 4 is 29.3 Å². The molecule has 0 bridgehead atoms. The van der Waals surface area contributed by atoms with Crippen LogP contribution in [0.2, 0.25) is 0 Å². The van der Waals surface area contributed by atoms with E-state index < -0.39 is 0 Å². The monoisotopic (exact) mass is 354 g/mol. The minimum Gasteiger partial charge on any atom is -0.353 e. The van der Waals surface area contributed by atoms with Gasteiger partial charge in [-0.05, 0) is 36.1 Å². The Kier molecular flexibility index (Phi) is 6.12. The summed E-state index contributed by atoms with van der Waals surface area (Å²) in [5, 5.41) is 5.86. The average molecular weight is 354 g/mol. The van der Waals surface area contributed by atoms with E-state index in [4.69, 9.17) is 0 Å². The molecule has 0 radical (unpaired) electrons. The van der Waals surface area contributed by atoms with Crippen LogP contribution in [0.4, 0.5) is 5.69 Å². The molecule has 1 fully saturated rings. The molecular weight excluding hydrogens is 332 g/mol. The molecule has 0 aliphatic heterocycles. The van der Waals surface area contributed by atoms with Crippen molar-refractivity contribution in [3.63, 3.8) is 0 Å². The molecular formula is C20H22N2O2S. The van der Waals surface area contributed by atoms with Crippen molar-refractivity contribution < 1.29 is 9.59 Å². The number of benzene rings is 2. The van der Waals surface area contributed by atoms with Crippen molar-refractivity contribution in [2.24, 2.45) is 0 Å². The highest BCUT2D eigenvalue weighted by atomic mass is 32.2. The van der Waals surface area contributed by atoms with Gasteiger partial charge in [0.05, 0.1) is 12.2 Å². The third kappa shape index (κ3) is 6.27. The summed E-state index contributed by atoms with van der Waals surface area (Å²) in [6.07, 6.45) is 2.58. The van der Waals surface area contributed by atoms with E-state index in [1.165, 1.54) is 5.56 Å². The fourth-order valence-electron chi connectivity index (χ4n) is 2.43. The Labute approximate surface area is 152 Å². The largest absolute Gasteiger partial charge is 0.353 e. The van der Waals surface area contributed by atoms with Gasteiger partial charge in [0.2, 0.25) is 11.8 Å². The first-order valence-electron chi connectivity index (χ1n) is 8.49. The summed E-state index contributed by atoms with van der Waals surface area (Å²) in [4.78, 5) is 23.8. The van der Waals surface area contributed by atoms with Crippen molar-refractivity contribution in [1.29, 1.82) is 0 Å². The van der Waals surface area contributed by atoms with E-state index in [9.17, 15) is 9.59 Å². The van der Waals surface area contributed by atoms with Crippen LogP contribution >= 0.6 is 11.8 Å². The minimum atomic E-state index is -0.0137. The van der Waals surface area contributed by atoms with Crippen molar-refractivity contribution in [1.82, 2.24) is 5.32 Å². The highest BCUT2D eigenvalue weighted by molar-refractivity contribution is 7.99. The molecule has 0 aromatic heterocycles. The Morgan fingerprint density at radius 2 is 1.64 bits per heavy atom. The van der Waals surface area contributed by atoms with Crippen LogP contribution in [0.1, 0.15) is 24.0 Å². The number of amides is 2. The molecule has 130 valence electrons. The topological polar surface area (TPSA) is 58.2 Å². The van der Waals surface area contributed by atoms with Gasteiger partial charge in [0.15, 0.2) is 0 Å². The number of nitrogens with one attached hydrogen (secondary N) is 2. The van der Waals surface area contributed by atoms with Crippen molar-refractivity contribution in [2.45, 2.75) is 31.1 Å². The van der Waals surface area contributed by atoms with E-state index in [-0.39, 0.29) is 11.8 Å². The molecule has 1 saturated carbocycles. The molecule has 25 heavy (non-hydrogen) atoms. The Morgan fingerprint density at radius 3 is 2.32 bits per heavy atom. The molecule has 2 aromatic rings. The summed E-state index contributed by atoms with van der Waals surface area (Å²) in [5.74, 6) is 1.29. The lowest BCUT2D eigenvalue weighted by atomic mass is 10.1. The van der Waals surface area contributed by atoms with Gasteiger partial charge < -0.3 is 10.6 Å². The van der Waals surface area contributed by atoms with Gasteiger partial charge >= 0.3 is 0 Å². The Morgan fingerprint density at radius 1 is 0.920 bits per heavy atom. The SMILES string of the molecule is O=C(CSCc1ccccc1)Nc1ccc(CC(=O)NC2CC2)cc1. The smallest absolute Gasteiger partial charge is 0.234 e. The summed E-state index contributed by atoms with van der Waals surface area (Å²) in [6, 6.07) is 18.0. The lowest BCUT2D eigenvalue weighted by Crippen LogP contribution is -2.26. The minimum absolute atomic E-state index is 0.0137. The molecule has 0 unspecified atom stereocenters. The maximum Gasteiger partial charge on any atom is 0.234 e. The predicted octanol–water partition coefficient (Wildman–Crippen LogP) is 3.38. The lowest BCUT2D eigenvalue weighted by Gasteiger charge is -2.07. The van der Waals surface area contributed by atoms with Crippen LogP contribution in [0.3, 0.4) is 0 Å². The second-order valence-corrected chi connectivity index (χ2v) is 7.23. The summed E-state index contributed by atoms with van der Waals surface area (Å²) < 4.78 is 0. The second kappa shape index (κ2) is 8.72. The van der Waals surface area contributed by atoms with Gasteiger partial charge in [-0.1, -0.05) is 42.5 Å². The molecule has 1 aliphatic rings. The van der Waals surface area contributed by atoms with Gasteiger partial charge in [-0.3, -0.25) is 9.59 Å². The lowest BCUT2D eigenvalue weighted by molar-refractivity contribution is -0.120. The standard InChI is InChI=1S/C20H22N2O2S/c23-19(21-18-10-11-18)12-15-6-8-17(9-7-15)22-20(24)14-25-13-16-4-2-1-3-5-16/h1-9,18H,10-14H2,(H,21,23)(H,22,24). The number of carbonyl (C=O) groups is 2. The second-order valence-electron chi connectivity index (χ2n) is 6.24. The van der Waals surface area contributed by atoms with E-state index in [1.807, 2.05) is 42.5 Å². The van der Waals surface area contributed by atoms with Gasteiger partial charge in [0, 0.05) is 17.5 Å². The van der Waals surface area contributed by atoms with Crippen LogP contribution in [0.25, 0.3) is 0 Å². The van der Waals surface area contributed by atoms with E-state index in [0.717, 1.165) is 29.8 Å². The maximum absolute atomic E-state index is 12.0. The van der Waals surface area contributed by atoms with Crippen LogP contribution in [0.5, 0.6) is 0 Å². The predicted molar refractivity (Wildman–Crippen MR) is 103 cm³/mol. The average Bonchev–Trinajstić information content (AvgIpc) is 3.41. The number of hydrogen-bond donors (Lipinski definition) is 2. The normalized spacial score (nSPS) is 13.3. The van der Waals surface area contributed by atoms with Crippen molar-refractivity contribution in [3.8, 4) is 0 Å². The summed E-state index contributed by atoms with van der Waals surface area (Å²) in [5.41, 5.74) is 2.93. The summed E-state index contributed by atoms with van der Waals surface area (Å²) >= 11 is 1.59. The zero-order valence-electron chi connectivity index (χ0n) is 14.0. The number of rotatable bonds is 8. The molecule has 1 aliphatic carbocycles. The van der Waals surface area contributed by atoms with Gasteiger partial charge in [-0.2, -0.15) is 0 Å². The maximum atomic E-state index is 12.0. The van der Waals surface area contributed by atoms with Crippen LogP contribution < -0.4 is 10.6 Å². The van der Waals surface area contributed by atoms with Gasteiger partial charge in [-0.15, -0.1) is 11.8 Å². The van der Waals surface area contributed by atoms with Gasteiger partial charge in [0.1, 0.15) is 0 Å². The number of anilines is 1. The highest BCUT2D eigenvalue weighted by Crippen LogP contribution is 2.19. The quantitative estimate of drug-likeness (QED) is 0.764. The van der Waals surface area contributed by atoms with Crippen molar-refractivity contribution in [2.75, 3.05) is 11.1 Å². The Hall–Kier alpha value is -2.27. The summed E-state index contributed by atoms with van der Waals surface area (Å²) in [6.45, 7) is 0. The van der Waals surface area contributed by atoms with E-state index in [1.54, 1.807) is 11.8 Å². The molecule has 0 saturated heterocycles. The van der Waals surface area contributed by atoms with Gasteiger partial charge in [-0.25, -0.2) is 0 Å². The molecule has 0 spiro atoms. The zero-order valence-corrected chi connectivity index (χ0v) is 14.9. The first-order chi connectivity index (χ1) is 12.2. The third-order valence-electron chi connectivity index (χ3n) is 3.89. The number of thioether (sulfide) groups is 1. The molecule has 2 N–H and O–H groups in total.